The predicted octanol–water partition coefficient (Wildman–Crippen LogP) is 2.21. The number of piperidine rings is 1. The lowest BCUT2D eigenvalue weighted by molar-refractivity contribution is -0.145. The molecule has 2 saturated heterocycles. The van der Waals surface area contributed by atoms with E-state index in [0.717, 1.165) is 32.1 Å². The van der Waals surface area contributed by atoms with Gasteiger partial charge in [0.15, 0.2) is 9.84 Å². The number of nitrogens with zero attached hydrogens (tertiary/aromatic N) is 1. The fraction of sp³-hybridized carbons (Fsp3) is 0.848. The van der Waals surface area contributed by atoms with Gasteiger partial charge in [-0.15, -0.1) is 0 Å². The molecule has 5 rings (SSSR count). The maximum Gasteiger partial charge on any atom is 0.315 e. The number of fused-ring (bicyclic) bond motifs is 1. The average Bonchev–Trinajstić information content (AvgIpc) is 3.81. The molecule has 5 aliphatic rings. The Labute approximate surface area is 273 Å². The van der Waals surface area contributed by atoms with Crippen LogP contribution < -0.4 is 21.3 Å². The molecular weight excluding hydrogens is 610 g/mol. The first-order valence-electron chi connectivity index (χ1n) is 17.2. The van der Waals surface area contributed by atoms with Crippen molar-refractivity contribution < 1.29 is 32.4 Å². The topological polar surface area (TPSA) is 171 Å². The van der Waals surface area contributed by atoms with Gasteiger partial charge in [-0.25, -0.2) is 13.2 Å². The molecule has 12 nitrogen and oxygen atoms in total. The zero-order chi connectivity index (χ0) is 33.8. The molecule has 3 saturated carbocycles. The highest BCUT2D eigenvalue weighted by Gasteiger charge is 2.70. The number of carbonyl (C=O) groups excluding carboxylic acids is 5. The van der Waals surface area contributed by atoms with Gasteiger partial charge in [-0.2, -0.15) is 0 Å². The molecule has 4 N–H and O–H groups in total. The average molecular weight is 664 g/mol. The number of urea groups is 1. The SMILES string of the molecule is CCC[C@H](NC(=O)[C@@H]1[C@@H]2[C@H](CN1C(=O)[C@@H](NC(=O)NC1([C@H]3CCS3(=O)=O)CCCCC1)C(C)(C)C)C2(C)C)C(=O)C(=O)NC1CC1. The smallest absolute Gasteiger partial charge is 0.315 e. The van der Waals surface area contributed by atoms with E-state index in [-0.39, 0.29) is 29.0 Å². The van der Waals surface area contributed by atoms with Gasteiger partial charge in [0.05, 0.1) is 22.6 Å². The second kappa shape index (κ2) is 12.4. The second-order valence-corrected chi connectivity index (χ2v) is 18.4. The van der Waals surface area contributed by atoms with Crippen LogP contribution in [-0.2, 0) is 29.0 Å². The monoisotopic (exact) mass is 663 g/mol. The van der Waals surface area contributed by atoms with Gasteiger partial charge in [0.25, 0.3) is 5.91 Å². The van der Waals surface area contributed by atoms with E-state index in [1.165, 1.54) is 4.90 Å². The van der Waals surface area contributed by atoms with Crippen molar-refractivity contribution in [2.45, 2.75) is 141 Å². The summed E-state index contributed by atoms with van der Waals surface area (Å²) < 4.78 is 25.4. The highest BCUT2D eigenvalue weighted by atomic mass is 32.2. The first kappa shape index (κ1) is 34.6. The number of rotatable bonds is 11. The van der Waals surface area contributed by atoms with Crippen LogP contribution in [0.1, 0.15) is 106 Å². The van der Waals surface area contributed by atoms with Crippen molar-refractivity contribution >= 4 is 39.4 Å². The highest BCUT2D eigenvalue weighted by Crippen LogP contribution is 2.65. The Morgan fingerprint density at radius 3 is 2.13 bits per heavy atom. The molecule has 0 aromatic heterocycles. The van der Waals surface area contributed by atoms with Gasteiger partial charge in [0.1, 0.15) is 12.1 Å². The van der Waals surface area contributed by atoms with Crippen LogP contribution in [-0.4, -0.2) is 90.1 Å². The summed E-state index contributed by atoms with van der Waals surface area (Å²) in [5, 5.41) is 10.8. The van der Waals surface area contributed by atoms with Gasteiger partial charge < -0.3 is 26.2 Å². The minimum absolute atomic E-state index is 0.00976. The Bertz CT molecular complexity index is 1360. The van der Waals surface area contributed by atoms with E-state index in [0.29, 0.717) is 38.6 Å². The molecule has 0 spiro atoms. The lowest BCUT2D eigenvalue weighted by Gasteiger charge is -2.47. The van der Waals surface area contributed by atoms with Gasteiger partial charge in [0.2, 0.25) is 17.6 Å². The van der Waals surface area contributed by atoms with Crippen LogP contribution in [0.5, 0.6) is 0 Å². The maximum absolute atomic E-state index is 14.4. The summed E-state index contributed by atoms with van der Waals surface area (Å²) in [4.78, 5) is 69.1. The molecule has 2 aliphatic heterocycles. The standard InChI is InChI=1S/C33H53N5O7S/c1-7-11-21(25(39)28(41)34-19-12-13-19)35-27(40)24-23-20(32(23,5)6)18-38(24)29(42)26(31(2,3)4)36-30(43)37-33(15-9-8-10-16-33)22-14-17-46(22,44)45/h19-24,26H,7-18H2,1-6H3,(H,34,41)(H,35,40)(H2,36,37,43)/t20-,21-,22+,23-,24-,26+/m0/s1. The molecule has 13 heteroatoms. The number of Topliss-reactive ketones (excluding diaryl/α,β-unsaturated/α-hetero) is 1. The van der Waals surface area contributed by atoms with E-state index in [4.69, 9.17) is 0 Å². The third-order valence-corrected chi connectivity index (χ3v) is 13.7. The van der Waals surface area contributed by atoms with E-state index in [1.807, 2.05) is 27.7 Å². The summed E-state index contributed by atoms with van der Waals surface area (Å²) in [5.74, 6) is -2.17. The summed E-state index contributed by atoms with van der Waals surface area (Å²) in [7, 11) is -3.28. The van der Waals surface area contributed by atoms with Gasteiger partial charge in [-0.05, 0) is 61.2 Å². The number of amides is 5. The van der Waals surface area contributed by atoms with E-state index >= 15 is 0 Å². The van der Waals surface area contributed by atoms with Crippen molar-refractivity contribution in [2.24, 2.45) is 22.7 Å². The van der Waals surface area contributed by atoms with E-state index < -0.39 is 73.7 Å². The van der Waals surface area contributed by atoms with Crippen LogP contribution in [0.2, 0.25) is 0 Å². The molecule has 2 heterocycles. The minimum Gasteiger partial charge on any atom is -0.347 e. The number of hydrogen-bond acceptors (Lipinski definition) is 7. The molecule has 5 fully saturated rings. The summed E-state index contributed by atoms with van der Waals surface area (Å²) >= 11 is 0. The van der Waals surface area contributed by atoms with Crippen LogP contribution in [0, 0.1) is 22.7 Å². The number of likely N-dealkylation sites (tertiary alicyclic amines) is 1. The summed E-state index contributed by atoms with van der Waals surface area (Å²) in [6.07, 6.45) is 6.82. The third kappa shape index (κ3) is 6.67. The van der Waals surface area contributed by atoms with E-state index in [9.17, 15) is 32.4 Å². The Balaban J connectivity index is 1.33. The fourth-order valence-electron chi connectivity index (χ4n) is 8.24. The summed E-state index contributed by atoms with van der Waals surface area (Å²) in [6, 6.07) is -3.43. The van der Waals surface area contributed by atoms with Crippen LogP contribution >= 0.6 is 0 Å². The molecule has 0 aromatic carbocycles. The van der Waals surface area contributed by atoms with Crippen LogP contribution in [0.15, 0.2) is 0 Å². The number of hydrogen-bond donors (Lipinski definition) is 4. The largest absolute Gasteiger partial charge is 0.347 e. The minimum atomic E-state index is -3.28. The highest BCUT2D eigenvalue weighted by molar-refractivity contribution is 7.93. The molecule has 0 radical (unpaired) electrons. The van der Waals surface area contributed by atoms with Crippen molar-refractivity contribution in [3.63, 3.8) is 0 Å². The summed E-state index contributed by atoms with van der Waals surface area (Å²) in [6.45, 7) is 11.9. The lowest BCUT2D eigenvalue weighted by Crippen LogP contribution is -2.67. The van der Waals surface area contributed by atoms with E-state index in [2.05, 4.69) is 35.1 Å². The van der Waals surface area contributed by atoms with Crippen LogP contribution in [0.4, 0.5) is 4.79 Å². The number of nitrogens with one attached hydrogen (secondary N) is 4. The molecule has 0 aromatic rings. The molecule has 46 heavy (non-hydrogen) atoms. The second-order valence-electron chi connectivity index (χ2n) is 16.1. The Morgan fingerprint density at radius 1 is 0.957 bits per heavy atom. The fourth-order valence-corrected chi connectivity index (χ4v) is 10.1. The molecule has 258 valence electrons. The third-order valence-electron chi connectivity index (χ3n) is 11.3. The molecule has 3 aliphatic carbocycles. The molecule has 0 bridgehead atoms. The number of carbonyl (C=O) groups is 5. The Hall–Kier alpha value is -2.70. The van der Waals surface area contributed by atoms with Gasteiger partial charge >= 0.3 is 6.03 Å². The zero-order valence-corrected chi connectivity index (χ0v) is 29.1. The molecular formula is C33H53N5O7S. The predicted molar refractivity (Wildman–Crippen MR) is 172 cm³/mol. The van der Waals surface area contributed by atoms with E-state index in [1.54, 1.807) is 0 Å². The van der Waals surface area contributed by atoms with Crippen LogP contribution in [0.3, 0.4) is 0 Å². The molecule has 6 atom stereocenters. The van der Waals surface area contributed by atoms with Gasteiger partial charge in [0, 0.05) is 12.6 Å². The first-order chi connectivity index (χ1) is 21.4. The quantitative estimate of drug-likeness (QED) is 0.246. The number of sulfone groups is 1. The number of ketones is 1. The van der Waals surface area contributed by atoms with Crippen molar-refractivity contribution in [1.29, 1.82) is 0 Å². The molecule has 5 amide bonds. The molecule has 0 unspecified atom stereocenters. The first-order valence-corrected chi connectivity index (χ1v) is 18.9. The normalized spacial score (nSPS) is 30.1. The lowest BCUT2D eigenvalue weighted by atomic mass is 9.78. The van der Waals surface area contributed by atoms with Crippen molar-refractivity contribution in [3.05, 3.63) is 0 Å². The van der Waals surface area contributed by atoms with Crippen molar-refractivity contribution in [1.82, 2.24) is 26.2 Å². The van der Waals surface area contributed by atoms with Crippen molar-refractivity contribution in [3.8, 4) is 0 Å². The van der Waals surface area contributed by atoms with Gasteiger partial charge in [-0.3, -0.25) is 19.2 Å². The Kier molecular flexibility index (Phi) is 9.33. The summed E-state index contributed by atoms with van der Waals surface area (Å²) in [5.41, 5.74) is -1.78. The zero-order valence-electron chi connectivity index (χ0n) is 28.2. The Morgan fingerprint density at radius 2 is 1.61 bits per heavy atom. The van der Waals surface area contributed by atoms with Crippen LogP contribution in [0.25, 0.3) is 0 Å². The van der Waals surface area contributed by atoms with Crippen molar-refractivity contribution in [2.75, 3.05) is 12.3 Å². The maximum atomic E-state index is 14.4. The van der Waals surface area contributed by atoms with Gasteiger partial charge in [-0.1, -0.05) is 67.2 Å².